The van der Waals surface area contributed by atoms with Crippen molar-refractivity contribution in [2.45, 2.75) is 12.3 Å². The number of hydrogen-bond acceptors (Lipinski definition) is 2. The van der Waals surface area contributed by atoms with Gasteiger partial charge in [0.2, 0.25) is 0 Å². The van der Waals surface area contributed by atoms with Crippen molar-refractivity contribution in [3.05, 3.63) is 28.6 Å². The third kappa shape index (κ3) is 1.46. The first-order valence-electron chi connectivity index (χ1n) is 3.98. The maximum Gasteiger partial charge on any atom is 0.121 e. The average Bonchev–Trinajstić information content (AvgIpc) is 2.46. The van der Waals surface area contributed by atoms with Gasteiger partial charge in [-0.1, -0.05) is 15.9 Å². The molecule has 0 aliphatic carbocycles. The molecule has 0 aliphatic heterocycles. The van der Waals surface area contributed by atoms with E-state index in [-0.39, 0.29) is 0 Å². The van der Waals surface area contributed by atoms with Gasteiger partial charge in [-0.05, 0) is 35.4 Å². The Labute approximate surface area is 89.1 Å². The maximum atomic E-state index is 9.59. The second kappa shape index (κ2) is 3.31. The van der Waals surface area contributed by atoms with Crippen LogP contribution in [0.25, 0.3) is 10.1 Å². The molecule has 0 spiro atoms. The first-order valence-corrected chi connectivity index (χ1v) is 5.98. The number of aryl methyl sites for hydroxylation is 1. The number of benzene rings is 1. The number of rotatable bonds is 1. The van der Waals surface area contributed by atoms with Crippen molar-refractivity contribution in [1.29, 1.82) is 0 Å². The molecular formula is C10H9BrOS. The van der Waals surface area contributed by atoms with Crippen LogP contribution in [-0.4, -0.2) is 5.11 Å². The van der Waals surface area contributed by atoms with Gasteiger partial charge in [0.15, 0.2) is 0 Å². The number of phenolic OH excluding ortho intramolecular Hbond substituents is 1. The van der Waals surface area contributed by atoms with Gasteiger partial charge in [-0.25, -0.2) is 0 Å². The summed E-state index contributed by atoms with van der Waals surface area (Å²) in [4.78, 5) is 0. The molecule has 0 saturated carbocycles. The van der Waals surface area contributed by atoms with Crippen LogP contribution >= 0.6 is 27.3 Å². The number of alkyl halides is 1. The zero-order chi connectivity index (χ0) is 9.42. The van der Waals surface area contributed by atoms with Gasteiger partial charge in [-0.2, -0.15) is 0 Å². The van der Waals surface area contributed by atoms with E-state index < -0.39 is 0 Å². The Hall–Kier alpha value is -0.540. The first kappa shape index (κ1) is 9.03. The van der Waals surface area contributed by atoms with E-state index in [1.165, 1.54) is 10.9 Å². The van der Waals surface area contributed by atoms with Crippen molar-refractivity contribution >= 4 is 37.4 Å². The number of thiophene rings is 1. The lowest BCUT2D eigenvalue weighted by Crippen LogP contribution is -1.79. The largest absolute Gasteiger partial charge is 0.508 e. The minimum Gasteiger partial charge on any atom is -0.508 e. The van der Waals surface area contributed by atoms with Crippen molar-refractivity contribution in [2.75, 3.05) is 0 Å². The quantitative estimate of drug-likeness (QED) is 0.770. The molecule has 13 heavy (non-hydrogen) atoms. The summed E-state index contributed by atoms with van der Waals surface area (Å²) in [6.07, 6.45) is 0. The van der Waals surface area contributed by atoms with Crippen LogP contribution in [-0.2, 0) is 5.33 Å². The van der Waals surface area contributed by atoms with Gasteiger partial charge in [0, 0.05) is 15.6 Å². The molecule has 0 saturated heterocycles. The fraction of sp³-hybridized carbons (Fsp3) is 0.200. The highest BCUT2D eigenvalue weighted by Crippen LogP contribution is 2.32. The number of halogens is 1. The van der Waals surface area contributed by atoms with Gasteiger partial charge in [-0.3, -0.25) is 0 Å². The molecule has 3 heteroatoms. The summed E-state index contributed by atoms with van der Waals surface area (Å²) in [7, 11) is 0. The van der Waals surface area contributed by atoms with Crippen molar-refractivity contribution in [3.63, 3.8) is 0 Å². The number of phenols is 1. The number of aromatic hydroxyl groups is 1. The molecule has 0 atom stereocenters. The minimum absolute atomic E-state index is 0.381. The monoisotopic (exact) mass is 256 g/mol. The highest BCUT2D eigenvalue weighted by molar-refractivity contribution is 9.08. The molecular weight excluding hydrogens is 248 g/mol. The Balaban J connectivity index is 2.77. The molecule has 2 rings (SSSR count). The van der Waals surface area contributed by atoms with Crippen molar-refractivity contribution in [3.8, 4) is 5.75 Å². The molecule has 0 radical (unpaired) electrons. The Morgan fingerprint density at radius 1 is 1.46 bits per heavy atom. The molecule has 0 bridgehead atoms. The Bertz CT molecular complexity index is 447. The molecule has 1 aromatic heterocycles. The van der Waals surface area contributed by atoms with E-state index in [2.05, 4.69) is 28.2 Å². The second-order valence-corrected chi connectivity index (χ2v) is 4.50. The lowest BCUT2D eigenvalue weighted by molar-refractivity contribution is 0.472. The average molecular weight is 257 g/mol. The van der Waals surface area contributed by atoms with Gasteiger partial charge in [0.05, 0.1) is 0 Å². The van der Waals surface area contributed by atoms with E-state index in [0.29, 0.717) is 11.1 Å². The molecule has 1 heterocycles. The van der Waals surface area contributed by atoms with Crippen LogP contribution in [0.4, 0.5) is 0 Å². The van der Waals surface area contributed by atoms with Crippen molar-refractivity contribution < 1.29 is 5.11 Å². The molecule has 0 amide bonds. The molecule has 1 nitrogen and oxygen atoms in total. The van der Waals surface area contributed by atoms with Crippen LogP contribution < -0.4 is 0 Å². The smallest absolute Gasteiger partial charge is 0.121 e. The van der Waals surface area contributed by atoms with E-state index in [1.54, 1.807) is 11.3 Å². The summed E-state index contributed by atoms with van der Waals surface area (Å²) in [5, 5.41) is 13.7. The Morgan fingerprint density at radius 3 is 2.92 bits per heavy atom. The van der Waals surface area contributed by atoms with Gasteiger partial charge in [0.1, 0.15) is 5.75 Å². The highest BCUT2D eigenvalue weighted by atomic mass is 79.9. The third-order valence-electron chi connectivity index (χ3n) is 2.11. The van der Waals surface area contributed by atoms with Crippen LogP contribution in [0.2, 0.25) is 0 Å². The van der Waals surface area contributed by atoms with Crippen LogP contribution in [0, 0.1) is 6.92 Å². The van der Waals surface area contributed by atoms with Gasteiger partial charge in [0.25, 0.3) is 0 Å². The fourth-order valence-electron chi connectivity index (χ4n) is 1.34. The maximum absolute atomic E-state index is 9.59. The zero-order valence-corrected chi connectivity index (χ0v) is 9.58. The van der Waals surface area contributed by atoms with Crippen molar-refractivity contribution in [2.24, 2.45) is 0 Å². The third-order valence-corrected chi connectivity index (χ3v) is 3.78. The molecule has 68 valence electrons. The number of fused-ring (bicyclic) bond motifs is 1. The standard InChI is InChI=1S/C10H9BrOS/c1-6-5-13-10-3-9(12)7(4-11)2-8(6)10/h2-3,5,12H,4H2,1H3. The van der Waals surface area contributed by atoms with Crippen LogP contribution in [0.3, 0.4) is 0 Å². The van der Waals surface area contributed by atoms with Gasteiger partial charge >= 0.3 is 0 Å². The lowest BCUT2D eigenvalue weighted by Gasteiger charge is -2.00. The lowest BCUT2D eigenvalue weighted by atomic mass is 10.1. The van der Waals surface area contributed by atoms with Crippen LogP contribution in [0.5, 0.6) is 5.75 Å². The van der Waals surface area contributed by atoms with Crippen LogP contribution in [0.1, 0.15) is 11.1 Å². The summed E-state index contributed by atoms with van der Waals surface area (Å²) in [5.41, 5.74) is 2.23. The summed E-state index contributed by atoms with van der Waals surface area (Å²) in [6.45, 7) is 2.09. The first-order chi connectivity index (χ1) is 6.22. The predicted octanol–water partition coefficient (Wildman–Crippen LogP) is 3.81. The van der Waals surface area contributed by atoms with Crippen LogP contribution in [0.15, 0.2) is 17.5 Å². The zero-order valence-electron chi connectivity index (χ0n) is 7.17. The highest BCUT2D eigenvalue weighted by Gasteiger charge is 2.05. The van der Waals surface area contributed by atoms with Gasteiger partial charge < -0.3 is 5.11 Å². The molecule has 1 aromatic carbocycles. The van der Waals surface area contributed by atoms with E-state index in [9.17, 15) is 5.11 Å². The molecule has 0 fully saturated rings. The van der Waals surface area contributed by atoms with E-state index in [1.807, 2.05) is 12.1 Å². The summed E-state index contributed by atoms with van der Waals surface area (Å²) >= 11 is 5.02. The molecule has 2 aromatic rings. The van der Waals surface area contributed by atoms with Crippen molar-refractivity contribution in [1.82, 2.24) is 0 Å². The topological polar surface area (TPSA) is 20.2 Å². The normalized spacial score (nSPS) is 10.9. The van der Waals surface area contributed by atoms with E-state index in [0.717, 1.165) is 10.3 Å². The Morgan fingerprint density at radius 2 is 2.23 bits per heavy atom. The van der Waals surface area contributed by atoms with E-state index >= 15 is 0 Å². The van der Waals surface area contributed by atoms with E-state index in [4.69, 9.17) is 0 Å². The molecule has 0 aliphatic rings. The SMILES string of the molecule is Cc1csc2cc(O)c(CBr)cc12. The van der Waals surface area contributed by atoms with Gasteiger partial charge in [-0.15, -0.1) is 11.3 Å². The second-order valence-electron chi connectivity index (χ2n) is 3.03. The minimum atomic E-state index is 0.381. The summed E-state index contributed by atoms with van der Waals surface area (Å²) in [5.74, 6) is 0.381. The molecule has 1 N–H and O–H groups in total. The number of hydrogen-bond donors (Lipinski definition) is 1. The fourth-order valence-corrected chi connectivity index (χ4v) is 2.75. The Kier molecular flexibility index (Phi) is 2.30. The predicted molar refractivity (Wildman–Crippen MR) is 60.9 cm³/mol. The summed E-state index contributed by atoms with van der Waals surface area (Å²) in [6, 6.07) is 3.88. The molecule has 0 unspecified atom stereocenters. The summed E-state index contributed by atoms with van der Waals surface area (Å²) < 4.78 is 1.15.